The molecule has 0 bridgehead atoms. The van der Waals surface area contributed by atoms with Crippen LogP contribution in [0.25, 0.3) is 0 Å². The zero-order valence-corrected chi connectivity index (χ0v) is 8.48. The van der Waals surface area contributed by atoms with Gasteiger partial charge in [-0.05, 0) is 32.6 Å². The quantitative estimate of drug-likeness (QED) is 0.710. The Labute approximate surface area is 83.7 Å². The Kier molecular flexibility index (Phi) is 2.23. The molecular formula is C10H17N3O. The first kappa shape index (κ1) is 9.52. The molecule has 14 heavy (non-hydrogen) atoms. The first-order valence-electron chi connectivity index (χ1n) is 5.09. The SMILES string of the molecule is CC1(O)CCC(n2cc(N)cn2)CC1. The van der Waals surface area contributed by atoms with Crippen molar-refractivity contribution in [3.05, 3.63) is 12.4 Å². The van der Waals surface area contributed by atoms with Gasteiger partial charge in [0.2, 0.25) is 0 Å². The predicted molar refractivity (Wildman–Crippen MR) is 54.8 cm³/mol. The first-order chi connectivity index (χ1) is 6.57. The van der Waals surface area contributed by atoms with Crippen LogP contribution in [-0.2, 0) is 0 Å². The molecule has 0 aromatic carbocycles. The number of hydrogen-bond donors (Lipinski definition) is 2. The summed E-state index contributed by atoms with van der Waals surface area (Å²) < 4.78 is 1.92. The Hall–Kier alpha value is -1.03. The smallest absolute Gasteiger partial charge is 0.0719 e. The van der Waals surface area contributed by atoms with Crippen molar-refractivity contribution in [2.75, 3.05) is 5.73 Å². The van der Waals surface area contributed by atoms with Gasteiger partial charge in [0, 0.05) is 6.20 Å². The molecule has 4 nitrogen and oxygen atoms in total. The van der Waals surface area contributed by atoms with Gasteiger partial charge < -0.3 is 10.8 Å². The van der Waals surface area contributed by atoms with Crippen molar-refractivity contribution in [1.29, 1.82) is 0 Å². The van der Waals surface area contributed by atoms with Gasteiger partial charge in [0.1, 0.15) is 0 Å². The number of anilines is 1. The standard InChI is InChI=1S/C10H17N3O/c1-10(14)4-2-9(3-5-10)13-7-8(11)6-12-13/h6-7,9,14H,2-5,11H2,1H3. The van der Waals surface area contributed by atoms with E-state index in [4.69, 9.17) is 5.73 Å². The van der Waals surface area contributed by atoms with E-state index in [-0.39, 0.29) is 0 Å². The van der Waals surface area contributed by atoms with Crippen molar-refractivity contribution in [1.82, 2.24) is 9.78 Å². The molecule has 0 aliphatic heterocycles. The number of nitrogen functional groups attached to an aromatic ring is 1. The highest BCUT2D eigenvalue weighted by atomic mass is 16.3. The third-order valence-corrected chi connectivity index (χ3v) is 3.03. The minimum Gasteiger partial charge on any atom is -0.396 e. The summed E-state index contributed by atoms with van der Waals surface area (Å²) in [6.07, 6.45) is 7.19. The maximum absolute atomic E-state index is 9.79. The Balaban J connectivity index is 2.02. The fraction of sp³-hybridized carbons (Fsp3) is 0.700. The largest absolute Gasteiger partial charge is 0.396 e. The van der Waals surface area contributed by atoms with Crippen LogP contribution in [0.2, 0.25) is 0 Å². The van der Waals surface area contributed by atoms with Crippen molar-refractivity contribution in [2.45, 2.75) is 44.2 Å². The van der Waals surface area contributed by atoms with E-state index in [1.807, 2.05) is 17.8 Å². The van der Waals surface area contributed by atoms with Gasteiger partial charge in [-0.25, -0.2) is 0 Å². The third kappa shape index (κ3) is 1.90. The van der Waals surface area contributed by atoms with Gasteiger partial charge in [0.15, 0.2) is 0 Å². The minimum absolute atomic E-state index is 0.410. The van der Waals surface area contributed by atoms with E-state index in [9.17, 15) is 5.11 Å². The van der Waals surface area contributed by atoms with Crippen LogP contribution in [0, 0.1) is 0 Å². The minimum atomic E-state index is -0.477. The molecule has 1 aromatic rings. The Bertz CT molecular complexity index is 309. The molecule has 1 saturated carbocycles. The van der Waals surface area contributed by atoms with E-state index in [1.165, 1.54) is 0 Å². The second-order valence-corrected chi connectivity index (χ2v) is 4.48. The molecule has 0 spiro atoms. The van der Waals surface area contributed by atoms with Gasteiger partial charge in [-0.3, -0.25) is 4.68 Å². The van der Waals surface area contributed by atoms with Gasteiger partial charge in [-0.2, -0.15) is 5.10 Å². The highest BCUT2D eigenvalue weighted by Crippen LogP contribution is 2.34. The normalized spacial score (nSPS) is 33.1. The summed E-state index contributed by atoms with van der Waals surface area (Å²) in [5, 5.41) is 14.0. The van der Waals surface area contributed by atoms with Crippen LogP contribution in [0.1, 0.15) is 38.6 Å². The highest BCUT2D eigenvalue weighted by Gasteiger charge is 2.29. The number of hydrogen-bond acceptors (Lipinski definition) is 3. The lowest BCUT2D eigenvalue weighted by Gasteiger charge is -2.33. The monoisotopic (exact) mass is 195 g/mol. The molecule has 0 unspecified atom stereocenters. The van der Waals surface area contributed by atoms with E-state index in [0.717, 1.165) is 25.7 Å². The summed E-state index contributed by atoms with van der Waals surface area (Å²) in [6, 6.07) is 0.410. The summed E-state index contributed by atoms with van der Waals surface area (Å²) in [6.45, 7) is 1.90. The molecule has 1 aliphatic carbocycles. The molecule has 4 heteroatoms. The molecule has 1 heterocycles. The van der Waals surface area contributed by atoms with Crippen molar-refractivity contribution < 1.29 is 5.11 Å². The molecule has 1 fully saturated rings. The molecule has 0 amide bonds. The molecule has 0 radical (unpaired) electrons. The Morgan fingerprint density at radius 1 is 1.57 bits per heavy atom. The topological polar surface area (TPSA) is 64.1 Å². The van der Waals surface area contributed by atoms with Crippen LogP contribution < -0.4 is 5.73 Å². The van der Waals surface area contributed by atoms with Crippen LogP contribution in [-0.4, -0.2) is 20.5 Å². The van der Waals surface area contributed by atoms with E-state index in [1.54, 1.807) is 6.20 Å². The van der Waals surface area contributed by atoms with E-state index in [2.05, 4.69) is 5.10 Å². The molecule has 2 rings (SSSR count). The van der Waals surface area contributed by atoms with Crippen LogP contribution in [0.15, 0.2) is 12.4 Å². The van der Waals surface area contributed by atoms with Crippen molar-refractivity contribution >= 4 is 5.69 Å². The van der Waals surface area contributed by atoms with Crippen molar-refractivity contribution in [3.63, 3.8) is 0 Å². The fourth-order valence-electron chi connectivity index (χ4n) is 2.04. The Morgan fingerprint density at radius 2 is 2.21 bits per heavy atom. The van der Waals surface area contributed by atoms with Crippen LogP contribution in [0.3, 0.4) is 0 Å². The molecule has 78 valence electrons. The third-order valence-electron chi connectivity index (χ3n) is 3.03. The van der Waals surface area contributed by atoms with E-state index in [0.29, 0.717) is 11.7 Å². The van der Waals surface area contributed by atoms with Gasteiger partial charge in [-0.15, -0.1) is 0 Å². The number of aliphatic hydroxyl groups is 1. The molecule has 3 N–H and O–H groups in total. The van der Waals surface area contributed by atoms with Crippen molar-refractivity contribution in [3.8, 4) is 0 Å². The predicted octanol–water partition coefficient (Wildman–Crippen LogP) is 1.33. The van der Waals surface area contributed by atoms with E-state index >= 15 is 0 Å². The summed E-state index contributed by atoms with van der Waals surface area (Å²) in [7, 11) is 0. The average molecular weight is 195 g/mol. The first-order valence-corrected chi connectivity index (χ1v) is 5.09. The van der Waals surface area contributed by atoms with Crippen LogP contribution >= 0.6 is 0 Å². The number of nitrogens with zero attached hydrogens (tertiary/aromatic N) is 2. The zero-order chi connectivity index (χ0) is 10.2. The summed E-state index contributed by atoms with van der Waals surface area (Å²) in [4.78, 5) is 0. The van der Waals surface area contributed by atoms with Crippen LogP contribution in [0.4, 0.5) is 5.69 Å². The van der Waals surface area contributed by atoms with Gasteiger partial charge in [-0.1, -0.05) is 0 Å². The second-order valence-electron chi connectivity index (χ2n) is 4.48. The van der Waals surface area contributed by atoms with Crippen LogP contribution in [0.5, 0.6) is 0 Å². The number of rotatable bonds is 1. The number of aromatic nitrogens is 2. The summed E-state index contributed by atoms with van der Waals surface area (Å²) >= 11 is 0. The molecule has 0 atom stereocenters. The maximum atomic E-state index is 9.79. The molecule has 1 aliphatic rings. The van der Waals surface area contributed by atoms with Gasteiger partial charge in [0.25, 0.3) is 0 Å². The van der Waals surface area contributed by atoms with Crippen molar-refractivity contribution in [2.24, 2.45) is 0 Å². The average Bonchev–Trinajstić information content (AvgIpc) is 2.52. The highest BCUT2D eigenvalue weighted by molar-refractivity contribution is 5.30. The second kappa shape index (κ2) is 3.28. The summed E-state index contributed by atoms with van der Waals surface area (Å²) in [5.74, 6) is 0. The Morgan fingerprint density at radius 3 is 2.71 bits per heavy atom. The molecule has 0 saturated heterocycles. The number of nitrogens with two attached hydrogens (primary N) is 1. The lowest BCUT2D eigenvalue weighted by molar-refractivity contribution is 0.00852. The summed E-state index contributed by atoms with van der Waals surface area (Å²) in [5.41, 5.74) is 5.84. The van der Waals surface area contributed by atoms with Gasteiger partial charge >= 0.3 is 0 Å². The lowest BCUT2D eigenvalue weighted by atomic mass is 9.84. The molecule has 1 aromatic heterocycles. The lowest BCUT2D eigenvalue weighted by Crippen LogP contribution is -2.31. The maximum Gasteiger partial charge on any atom is 0.0719 e. The molecular weight excluding hydrogens is 178 g/mol. The van der Waals surface area contributed by atoms with E-state index < -0.39 is 5.60 Å². The fourth-order valence-corrected chi connectivity index (χ4v) is 2.04. The van der Waals surface area contributed by atoms with Gasteiger partial charge in [0.05, 0.1) is 23.5 Å². The zero-order valence-electron chi connectivity index (χ0n) is 8.48.